The summed E-state index contributed by atoms with van der Waals surface area (Å²) < 4.78 is 0. The first-order valence-electron chi connectivity index (χ1n) is 13.4. The summed E-state index contributed by atoms with van der Waals surface area (Å²) in [6, 6.07) is 0. The molecule has 0 aliphatic rings. The molecule has 0 atom stereocenters. The molecule has 3 N–H and O–H groups in total. The van der Waals surface area contributed by atoms with E-state index in [1.165, 1.54) is 135 Å². The van der Waals surface area contributed by atoms with Crippen molar-refractivity contribution in [1.82, 2.24) is 5.17 Å². The second-order valence-corrected chi connectivity index (χ2v) is 9.27. The van der Waals surface area contributed by atoms with Gasteiger partial charge in [0.25, 0.3) is 5.91 Å². The second kappa shape index (κ2) is 24.7. The van der Waals surface area contributed by atoms with E-state index in [4.69, 9.17) is 11.0 Å². The zero-order chi connectivity index (χ0) is 22.1. The van der Waals surface area contributed by atoms with Crippen molar-refractivity contribution >= 4 is 5.91 Å². The standard InChI is InChI=1S/C26H54N2O2/c1-2-3-4-5-6-7-8-9-10-11-12-13-14-15-16-17-18-19-20-21-22-23-24-25-26(29)28(27)30/h30H,2-25,27H2,1H3. The molecule has 0 radical (unpaired) electrons. The van der Waals surface area contributed by atoms with E-state index in [9.17, 15) is 4.79 Å². The van der Waals surface area contributed by atoms with Crippen LogP contribution in [0.15, 0.2) is 0 Å². The van der Waals surface area contributed by atoms with E-state index in [1.54, 1.807) is 0 Å². The number of hydrogen-bond acceptors (Lipinski definition) is 3. The predicted octanol–water partition coefficient (Wildman–Crippen LogP) is 8.46. The molecule has 0 aromatic rings. The molecule has 0 saturated carbocycles. The summed E-state index contributed by atoms with van der Waals surface area (Å²) >= 11 is 0. The first-order chi connectivity index (χ1) is 14.7. The topological polar surface area (TPSA) is 66.6 Å². The number of hydroxylamine groups is 1. The van der Waals surface area contributed by atoms with Gasteiger partial charge in [-0.1, -0.05) is 148 Å². The Balaban J connectivity index is 3.04. The van der Waals surface area contributed by atoms with E-state index < -0.39 is 5.91 Å². The van der Waals surface area contributed by atoms with Crippen molar-refractivity contribution in [3.8, 4) is 0 Å². The number of unbranched alkanes of at least 4 members (excludes halogenated alkanes) is 22. The first-order valence-corrected chi connectivity index (χ1v) is 13.4. The van der Waals surface area contributed by atoms with Crippen molar-refractivity contribution in [3.05, 3.63) is 0 Å². The molecule has 0 saturated heterocycles. The molecule has 0 spiro atoms. The van der Waals surface area contributed by atoms with Crippen LogP contribution in [0.4, 0.5) is 0 Å². The summed E-state index contributed by atoms with van der Waals surface area (Å²) in [5.41, 5.74) is 0. The Kier molecular flexibility index (Phi) is 24.2. The zero-order valence-electron chi connectivity index (χ0n) is 20.4. The van der Waals surface area contributed by atoms with Crippen LogP contribution in [0.2, 0.25) is 0 Å². The van der Waals surface area contributed by atoms with Crippen LogP contribution in [0, 0.1) is 0 Å². The average molecular weight is 427 g/mol. The van der Waals surface area contributed by atoms with Gasteiger partial charge in [0.2, 0.25) is 0 Å². The monoisotopic (exact) mass is 426 g/mol. The van der Waals surface area contributed by atoms with E-state index in [2.05, 4.69) is 6.92 Å². The molecule has 0 fully saturated rings. The minimum absolute atomic E-state index is 0.206. The molecule has 0 unspecified atom stereocenters. The highest BCUT2D eigenvalue weighted by Crippen LogP contribution is 2.15. The molecule has 0 aliphatic heterocycles. The van der Waals surface area contributed by atoms with Gasteiger partial charge in [-0.05, 0) is 6.42 Å². The van der Waals surface area contributed by atoms with Crippen molar-refractivity contribution < 1.29 is 10.0 Å². The SMILES string of the molecule is CCCCCCCCCCCCCCCCCCCCCCCCCC(=O)N(N)O. The van der Waals surface area contributed by atoms with Gasteiger partial charge < -0.3 is 0 Å². The lowest BCUT2D eigenvalue weighted by atomic mass is 10.0. The van der Waals surface area contributed by atoms with Gasteiger partial charge >= 0.3 is 0 Å². The smallest absolute Gasteiger partial charge is 0.260 e. The summed E-state index contributed by atoms with van der Waals surface area (Å²) in [5.74, 6) is 4.58. The highest BCUT2D eigenvalue weighted by atomic mass is 16.5. The van der Waals surface area contributed by atoms with E-state index >= 15 is 0 Å². The third-order valence-electron chi connectivity index (χ3n) is 6.25. The summed E-state index contributed by atoms with van der Waals surface area (Å²) in [4.78, 5) is 11.1. The normalized spacial score (nSPS) is 11.2. The molecule has 1 amide bonds. The highest BCUT2D eigenvalue weighted by Gasteiger charge is 2.04. The number of carbonyl (C=O) groups is 1. The highest BCUT2D eigenvalue weighted by molar-refractivity contribution is 5.74. The van der Waals surface area contributed by atoms with Crippen molar-refractivity contribution in [3.63, 3.8) is 0 Å². The van der Waals surface area contributed by atoms with E-state index in [-0.39, 0.29) is 5.17 Å². The van der Waals surface area contributed by atoms with Crippen LogP contribution in [-0.4, -0.2) is 16.3 Å². The number of nitrogens with zero attached hydrogens (tertiary/aromatic N) is 1. The maximum absolute atomic E-state index is 11.1. The third kappa shape index (κ3) is 23.7. The van der Waals surface area contributed by atoms with E-state index in [1.807, 2.05) is 0 Å². The predicted molar refractivity (Wildman–Crippen MR) is 129 cm³/mol. The van der Waals surface area contributed by atoms with Gasteiger partial charge in [0.15, 0.2) is 0 Å². The molecule has 4 heteroatoms. The van der Waals surface area contributed by atoms with Gasteiger partial charge in [-0.2, -0.15) is 5.17 Å². The fourth-order valence-electron chi connectivity index (χ4n) is 4.18. The van der Waals surface area contributed by atoms with Crippen molar-refractivity contribution in [2.75, 3.05) is 0 Å². The molecule has 0 aromatic heterocycles. The van der Waals surface area contributed by atoms with Gasteiger partial charge in [0.05, 0.1) is 0 Å². The molecule has 0 bridgehead atoms. The van der Waals surface area contributed by atoms with Crippen molar-refractivity contribution in [2.45, 2.75) is 161 Å². The summed E-state index contributed by atoms with van der Waals surface area (Å²) in [5, 5.41) is 8.97. The fraction of sp³-hybridized carbons (Fsp3) is 0.962. The van der Waals surface area contributed by atoms with E-state index in [0.29, 0.717) is 6.42 Å². The lowest BCUT2D eigenvalue weighted by Gasteiger charge is -2.07. The molecule has 30 heavy (non-hydrogen) atoms. The maximum atomic E-state index is 11.1. The Morgan fingerprint density at radius 3 is 1.00 bits per heavy atom. The summed E-state index contributed by atoms with van der Waals surface area (Å²) in [7, 11) is 0. The number of hydrogen-bond donors (Lipinski definition) is 2. The number of nitrogens with two attached hydrogens (primary N) is 1. The Morgan fingerprint density at radius 1 is 0.533 bits per heavy atom. The quantitative estimate of drug-likeness (QED) is 0.0534. The number of carbonyl (C=O) groups excluding carboxylic acids is 1. The molecular formula is C26H54N2O2. The average Bonchev–Trinajstić information content (AvgIpc) is 2.74. The third-order valence-corrected chi connectivity index (χ3v) is 6.25. The van der Waals surface area contributed by atoms with Gasteiger partial charge in [0.1, 0.15) is 0 Å². The van der Waals surface area contributed by atoms with Crippen molar-refractivity contribution in [2.24, 2.45) is 5.84 Å². The molecule has 0 heterocycles. The minimum Gasteiger partial charge on any atom is -0.271 e. The van der Waals surface area contributed by atoms with E-state index in [0.717, 1.165) is 12.8 Å². The Hall–Kier alpha value is -0.610. The van der Waals surface area contributed by atoms with Crippen LogP contribution in [0.1, 0.15) is 161 Å². The number of hydrazine groups is 1. The van der Waals surface area contributed by atoms with Gasteiger partial charge in [-0.3, -0.25) is 10.0 Å². The van der Waals surface area contributed by atoms with Gasteiger partial charge in [-0.15, -0.1) is 0 Å². The van der Waals surface area contributed by atoms with Crippen LogP contribution in [0.3, 0.4) is 0 Å². The lowest BCUT2D eigenvalue weighted by molar-refractivity contribution is -0.166. The summed E-state index contributed by atoms with van der Waals surface area (Å²) in [6.07, 6.45) is 31.7. The first kappa shape index (κ1) is 29.4. The van der Waals surface area contributed by atoms with Crippen LogP contribution in [0.25, 0.3) is 0 Å². The molecule has 0 rings (SSSR count). The Morgan fingerprint density at radius 2 is 0.767 bits per heavy atom. The minimum atomic E-state index is -0.390. The number of amides is 1. The molecule has 0 aromatic carbocycles. The molecular weight excluding hydrogens is 372 g/mol. The molecule has 180 valence electrons. The maximum Gasteiger partial charge on any atom is 0.260 e. The van der Waals surface area contributed by atoms with Crippen LogP contribution >= 0.6 is 0 Å². The van der Waals surface area contributed by atoms with Crippen LogP contribution < -0.4 is 5.84 Å². The Bertz CT molecular complexity index is 348. The fourth-order valence-corrected chi connectivity index (χ4v) is 4.18. The zero-order valence-corrected chi connectivity index (χ0v) is 20.4. The largest absolute Gasteiger partial charge is 0.271 e. The molecule has 0 aliphatic carbocycles. The lowest BCUT2D eigenvalue weighted by Crippen LogP contribution is -2.33. The van der Waals surface area contributed by atoms with Crippen molar-refractivity contribution in [1.29, 1.82) is 0 Å². The van der Waals surface area contributed by atoms with Gasteiger partial charge in [0, 0.05) is 6.42 Å². The second-order valence-electron chi connectivity index (χ2n) is 9.27. The van der Waals surface area contributed by atoms with Crippen LogP contribution in [-0.2, 0) is 4.79 Å². The summed E-state index contributed by atoms with van der Waals surface area (Å²) in [6.45, 7) is 2.29. The Labute approximate surface area is 188 Å². The van der Waals surface area contributed by atoms with Gasteiger partial charge in [-0.25, -0.2) is 5.84 Å². The molecule has 4 nitrogen and oxygen atoms in total. The van der Waals surface area contributed by atoms with Crippen LogP contribution in [0.5, 0.6) is 0 Å². The number of rotatable bonds is 24.